The number of hydrogen-bond donors (Lipinski definition) is 2. The standard InChI is InChI=1S/C11H16N2O3S/c1-3-11(10(12)14,17(2,15)16)13-9-7-5-4-6-8-9/h4-8,13H,3H2,1-2H3,(H2,12,14). The summed E-state index contributed by atoms with van der Waals surface area (Å²) >= 11 is 0. The molecule has 0 saturated heterocycles. The quantitative estimate of drug-likeness (QED) is 0.813. The van der Waals surface area contributed by atoms with Crippen molar-refractivity contribution < 1.29 is 13.2 Å². The molecule has 0 radical (unpaired) electrons. The number of carbonyl (C=O) groups excluding carboxylic acids is 1. The molecule has 0 bridgehead atoms. The topological polar surface area (TPSA) is 89.3 Å². The minimum atomic E-state index is -3.66. The third kappa shape index (κ3) is 2.58. The number of nitrogens with two attached hydrogens (primary N) is 1. The van der Waals surface area contributed by atoms with E-state index >= 15 is 0 Å². The highest BCUT2D eigenvalue weighted by Crippen LogP contribution is 2.23. The molecule has 94 valence electrons. The number of primary amides is 1. The van der Waals surface area contributed by atoms with Crippen molar-refractivity contribution in [1.82, 2.24) is 0 Å². The molecule has 0 aromatic heterocycles. The average molecular weight is 256 g/mol. The molecule has 1 amide bonds. The zero-order valence-corrected chi connectivity index (χ0v) is 10.6. The van der Waals surface area contributed by atoms with Gasteiger partial charge in [0.1, 0.15) is 0 Å². The zero-order chi connectivity index (χ0) is 13.1. The second-order valence-corrected chi connectivity index (χ2v) is 6.05. The molecule has 0 aliphatic rings. The van der Waals surface area contributed by atoms with Gasteiger partial charge in [0.25, 0.3) is 5.91 Å². The van der Waals surface area contributed by atoms with E-state index in [1.165, 1.54) is 0 Å². The van der Waals surface area contributed by atoms with E-state index in [2.05, 4.69) is 5.32 Å². The van der Waals surface area contributed by atoms with Crippen LogP contribution in [0.3, 0.4) is 0 Å². The Morgan fingerprint density at radius 3 is 2.24 bits per heavy atom. The molecule has 5 nitrogen and oxygen atoms in total. The highest BCUT2D eigenvalue weighted by molar-refractivity contribution is 7.93. The molecule has 6 heteroatoms. The number of nitrogens with one attached hydrogen (secondary N) is 1. The summed E-state index contributed by atoms with van der Waals surface area (Å²) in [5, 5.41) is 2.72. The monoisotopic (exact) mass is 256 g/mol. The van der Waals surface area contributed by atoms with Gasteiger partial charge in [-0.25, -0.2) is 8.42 Å². The SMILES string of the molecule is CCC(Nc1ccccc1)(C(N)=O)S(C)(=O)=O. The molecular weight excluding hydrogens is 240 g/mol. The molecule has 1 rings (SSSR count). The lowest BCUT2D eigenvalue weighted by Gasteiger charge is -2.29. The summed E-state index contributed by atoms with van der Waals surface area (Å²) in [5.41, 5.74) is 5.78. The number of para-hydroxylation sites is 1. The molecule has 1 aromatic carbocycles. The summed E-state index contributed by atoms with van der Waals surface area (Å²) in [6, 6.07) is 8.64. The summed E-state index contributed by atoms with van der Waals surface area (Å²) in [5.74, 6) is -0.897. The van der Waals surface area contributed by atoms with Crippen molar-refractivity contribution in [3.8, 4) is 0 Å². The largest absolute Gasteiger partial charge is 0.367 e. The third-order valence-electron chi connectivity index (χ3n) is 2.65. The highest BCUT2D eigenvalue weighted by Gasteiger charge is 2.45. The first-order valence-corrected chi connectivity index (χ1v) is 7.05. The summed E-state index contributed by atoms with van der Waals surface area (Å²) < 4.78 is 23.5. The second-order valence-electron chi connectivity index (χ2n) is 3.81. The normalized spacial score (nSPS) is 14.9. The van der Waals surface area contributed by atoms with E-state index in [4.69, 9.17) is 5.73 Å². The fourth-order valence-electron chi connectivity index (χ4n) is 1.62. The lowest BCUT2D eigenvalue weighted by molar-refractivity contribution is -0.119. The van der Waals surface area contributed by atoms with Gasteiger partial charge in [-0.3, -0.25) is 4.79 Å². The van der Waals surface area contributed by atoms with Crippen LogP contribution in [0.2, 0.25) is 0 Å². The van der Waals surface area contributed by atoms with E-state index < -0.39 is 20.6 Å². The molecule has 1 aromatic rings. The van der Waals surface area contributed by atoms with Crippen LogP contribution in [0.1, 0.15) is 13.3 Å². The predicted octanol–water partition coefficient (Wildman–Crippen LogP) is 0.735. The van der Waals surface area contributed by atoms with E-state index in [0.29, 0.717) is 5.69 Å². The molecular formula is C11H16N2O3S. The number of carbonyl (C=O) groups is 1. The molecule has 3 N–H and O–H groups in total. The zero-order valence-electron chi connectivity index (χ0n) is 9.80. The Labute approximate surface area is 101 Å². The van der Waals surface area contributed by atoms with E-state index in [0.717, 1.165) is 6.26 Å². The van der Waals surface area contributed by atoms with E-state index in [-0.39, 0.29) is 6.42 Å². The number of hydrogen-bond acceptors (Lipinski definition) is 4. The van der Waals surface area contributed by atoms with Gasteiger partial charge in [0.05, 0.1) is 0 Å². The minimum Gasteiger partial charge on any atom is -0.367 e. The van der Waals surface area contributed by atoms with E-state index in [1.807, 2.05) is 0 Å². The Bertz CT molecular complexity index is 499. The number of sulfone groups is 1. The van der Waals surface area contributed by atoms with Crippen molar-refractivity contribution in [2.24, 2.45) is 5.73 Å². The fourth-order valence-corrected chi connectivity index (χ4v) is 2.81. The summed E-state index contributed by atoms with van der Waals surface area (Å²) in [6.07, 6.45) is 1.06. The number of anilines is 1. The van der Waals surface area contributed by atoms with E-state index in [9.17, 15) is 13.2 Å². The van der Waals surface area contributed by atoms with Gasteiger partial charge in [0.15, 0.2) is 9.84 Å². The molecule has 0 aliphatic carbocycles. The predicted molar refractivity (Wildman–Crippen MR) is 67.1 cm³/mol. The summed E-state index contributed by atoms with van der Waals surface area (Å²) in [6.45, 7) is 1.60. The summed E-state index contributed by atoms with van der Waals surface area (Å²) in [4.78, 5) is 9.73. The Balaban J connectivity index is 3.22. The van der Waals surface area contributed by atoms with Gasteiger partial charge in [-0.1, -0.05) is 25.1 Å². The molecule has 1 unspecified atom stereocenters. The third-order valence-corrected chi connectivity index (χ3v) is 4.51. The maximum absolute atomic E-state index is 11.8. The molecule has 0 saturated carbocycles. The Morgan fingerprint density at radius 1 is 1.35 bits per heavy atom. The Hall–Kier alpha value is -1.56. The van der Waals surface area contributed by atoms with Crippen LogP contribution in [0, 0.1) is 0 Å². The molecule has 1 atom stereocenters. The average Bonchev–Trinajstić information content (AvgIpc) is 2.25. The van der Waals surface area contributed by atoms with Crippen molar-refractivity contribution in [2.45, 2.75) is 18.2 Å². The van der Waals surface area contributed by atoms with Crippen LogP contribution < -0.4 is 11.1 Å². The van der Waals surface area contributed by atoms with Crippen LogP contribution in [0.5, 0.6) is 0 Å². The van der Waals surface area contributed by atoms with Crippen molar-refractivity contribution in [3.63, 3.8) is 0 Å². The van der Waals surface area contributed by atoms with Gasteiger partial charge in [-0.05, 0) is 18.6 Å². The molecule has 0 fully saturated rings. The van der Waals surface area contributed by atoms with Crippen LogP contribution in [-0.2, 0) is 14.6 Å². The van der Waals surface area contributed by atoms with Crippen molar-refractivity contribution >= 4 is 21.4 Å². The first kappa shape index (κ1) is 13.5. The summed E-state index contributed by atoms with van der Waals surface area (Å²) in [7, 11) is -3.66. The molecule has 0 aliphatic heterocycles. The van der Waals surface area contributed by atoms with Crippen LogP contribution in [0.25, 0.3) is 0 Å². The van der Waals surface area contributed by atoms with Crippen LogP contribution in [-0.4, -0.2) is 25.5 Å². The van der Waals surface area contributed by atoms with Crippen LogP contribution in [0.4, 0.5) is 5.69 Å². The van der Waals surface area contributed by atoms with Gasteiger partial charge < -0.3 is 11.1 Å². The van der Waals surface area contributed by atoms with Gasteiger partial charge in [-0.2, -0.15) is 0 Å². The molecule has 0 spiro atoms. The first-order chi connectivity index (χ1) is 7.83. The van der Waals surface area contributed by atoms with Crippen LogP contribution >= 0.6 is 0 Å². The minimum absolute atomic E-state index is 0.0655. The van der Waals surface area contributed by atoms with Crippen LogP contribution in [0.15, 0.2) is 30.3 Å². The first-order valence-electron chi connectivity index (χ1n) is 5.16. The van der Waals surface area contributed by atoms with Gasteiger partial charge in [-0.15, -0.1) is 0 Å². The Morgan fingerprint density at radius 2 is 1.88 bits per heavy atom. The van der Waals surface area contributed by atoms with Gasteiger partial charge in [0, 0.05) is 11.9 Å². The lowest BCUT2D eigenvalue weighted by Crippen LogP contribution is -2.55. The maximum atomic E-state index is 11.8. The van der Waals surface area contributed by atoms with Gasteiger partial charge >= 0.3 is 0 Å². The van der Waals surface area contributed by atoms with Gasteiger partial charge in [0.2, 0.25) is 4.87 Å². The maximum Gasteiger partial charge on any atom is 0.258 e. The van der Waals surface area contributed by atoms with Crippen molar-refractivity contribution in [1.29, 1.82) is 0 Å². The molecule has 0 heterocycles. The van der Waals surface area contributed by atoms with E-state index in [1.54, 1.807) is 37.3 Å². The second kappa shape index (κ2) is 4.75. The number of benzene rings is 1. The number of rotatable bonds is 5. The number of amides is 1. The smallest absolute Gasteiger partial charge is 0.258 e. The highest BCUT2D eigenvalue weighted by atomic mass is 32.2. The lowest BCUT2D eigenvalue weighted by atomic mass is 10.2. The fraction of sp³-hybridized carbons (Fsp3) is 0.364. The molecule has 17 heavy (non-hydrogen) atoms. The van der Waals surface area contributed by atoms with Crippen molar-refractivity contribution in [2.75, 3.05) is 11.6 Å². The van der Waals surface area contributed by atoms with Crippen molar-refractivity contribution in [3.05, 3.63) is 30.3 Å². The Kier molecular flexibility index (Phi) is 3.77.